The predicted molar refractivity (Wildman–Crippen MR) is 100 cm³/mol. The molecule has 3 rings (SSSR count). The molecule has 1 N–H and O–H groups in total. The van der Waals surface area contributed by atoms with Gasteiger partial charge >= 0.3 is 0 Å². The molecule has 0 aliphatic carbocycles. The lowest BCUT2D eigenvalue weighted by Gasteiger charge is -2.02. The monoisotopic (exact) mass is 375 g/mol. The van der Waals surface area contributed by atoms with Crippen LogP contribution in [0.4, 0.5) is 5.13 Å². The molecule has 3 aromatic rings. The summed E-state index contributed by atoms with van der Waals surface area (Å²) in [6.45, 7) is 2.07. The molecule has 0 unspecified atom stereocenters. The predicted octanol–water partition coefficient (Wildman–Crippen LogP) is 5.04. The van der Waals surface area contributed by atoms with Gasteiger partial charge in [-0.2, -0.15) is 0 Å². The average Bonchev–Trinajstić information content (AvgIpc) is 3.02. The molecule has 2 aromatic carbocycles. The Morgan fingerprint density at radius 3 is 2.67 bits per heavy atom. The van der Waals surface area contributed by atoms with Crippen LogP contribution in [0.3, 0.4) is 0 Å². The summed E-state index contributed by atoms with van der Waals surface area (Å²) < 4.78 is 0.810. The number of halogens is 1. The third kappa shape index (κ3) is 4.35. The Balaban J connectivity index is 1.60. The summed E-state index contributed by atoms with van der Waals surface area (Å²) in [5.74, 6) is 0.528. The minimum Gasteiger partial charge on any atom is -0.296 e. The molecule has 0 radical (unpaired) electrons. The molecule has 0 fully saturated rings. The summed E-state index contributed by atoms with van der Waals surface area (Å²) in [4.78, 5) is 12.2. The zero-order valence-corrected chi connectivity index (χ0v) is 15.2. The van der Waals surface area contributed by atoms with Gasteiger partial charge in [-0.05, 0) is 24.6 Å². The number of amides is 1. The number of nitrogens with zero attached hydrogens (tertiary/aromatic N) is 2. The SMILES string of the molecule is Cc1ccc(CSc2nnc(NC(=O)c3ccccc3Cl)s2)cc1. The fraction of sp³-hybridized carbons (Fsp3) is 0.118. The van der Waals surface area contributed by atoms with E-state index in [-0.39, 0.29) is 5.91 Å². The molecule has 0 saturated carbocycles. The number of carbonyl (C=O) groups excluding carboxylic acids is 1. The Bertz CT molecular complexity index is 849. The van der Waals surface area contributed by atoms with Crippen LogP contribution >= 0.6 is 34.7 Å². The Kier molecular flexibility index (Phi) is 5.50. The van der Waals surface area contributed by atoms with E-state index in [4.69, 9.17) is 11.6 Å². The number of benzene rings is 2. The summed E-state index contributed by atoms with van der Waals surface area (Å²) in [7, 11) is 0. The first-order valence-electron chi connectivity index (χ1n) is 7.19. The number of nitrogens with one attached hydrogen (secondary N) is 1. The molecule has 0 atom stereocenters. The van der Waals surface area contributed by atoms with Crippen molar-refractivity contribution in [2.75, 3.05) is 5.32 Å². The molecule has 7 heteroatoms. The Morgan fingerprint density at radius 2 is 1.92 bits per heavy atom. The Labute approximate surface area is 153 Å². The summed E-state index contributed by atoms with van der Waals surface area (Å²) in [5.41, 5.74) is 2.88. The number of hydrogen-bond acceptors (Lipinski definition) is 5. The quantitative estimate of drug-likeness (QED) is 0.501. The van der Waals surface area contributed by atoms with Crippen molar-refractivity contribution in [3.63, 3.8) is 0 Å². The number of thioether (sulfide) groups is 1. The van der Waals surface area contributed by atoms with Crippen LogP contribution in [0.1, 0.15) is 21.5 Å². The van der Waals surface area contributed by atoms with E-state index in [9.17, 15) is 4.79 Å². The van der Waals surface area contributed by atoms with Crippen LogP contribution < -0.4 is 5.32 Å². The van der Waals surface area contributed by atoms with Crippen molar-refractivity contribution >= 4 is 45.7 Å². The third-order valence-electron chi connectivity index (χ3n) is 3.23. The maximum atomic E-state index is 12.2. The van der Waals surface area contributed by atoms with Gasteiger partial charge in [0.05, 0.1) is 10.6 Å². The highest BCUT2D eigenvalue weighted by Crippen LogP contribution is 2.29. The van der Waals surface area contributed by atoms with Crippen LogP contribution in [0, 0.1) is 6.92 Å². The fourth-order valence-corrected chi connectivity index (χ4v) is 3.88. The first-order valence-corrected chi connectivity index (χ1v) is 9.37. The highest BCUT2D eigenvalue weighted by atomic mass is 35.5. The van der Waals surface area contributed by atoms with Gasteiger partial charge in [0.25, 0.3) is 5.91 Å². The van der Waals surface area contributed by atoms with Crippen LogP contribution in [0.25, 0.3) is 0 Å². The summed E-state index contributed by atoms with van der Waals surface area (Å²) >= 11 is 8.97. The van der Waals surface area contributed by atoms with Gasteiger partial charge < -0.3 is 0 Å². The lowest BCUT2D eigenvalue weighted by Crippen LogP contribution is -2.12. The van der Waals surface area contributed by atoms with Crippen LogP contribution in [-0.2, 0) is 5.75 Å². The second-order valence-corrected chi connectivity index (χ2v) is 7.69. The van der Waals surface area contributed by atoms with Gasteiger partial charge in [0.15, 0.2) is 4.34 Å². The van der Waals surface area contributed by atoms with Crippen molar-refractivity contribution in [1.82, 2.24) is 10.2 Å². The van der Waals surface area contributed by atoms with E-state index in [1.165, 1.54) is 22.5 Å². The standard InChI is InChI=1S/C17H14ClN3OS2/c1-11-6-8-12(9-7-11)10-23-17-21-20-16(24-17)19-15(22)13-4-2-3-5-14(13)18/h2-9H,10H2,1H3,(H,19,20,22). The van der Waals surface area contributed by atoms with Gasteiger partial charge in [0.2, 0.25) is 5.13 Å². The average molecular weight is 376 g/mol. The van der Waals surface area contributed by atoms with E-state index in [2.05, 4.69) is 46.7 Å². The number of rotatable bonds is 5. The molecular formula is C17H14ClN3OS2. The van der Waals surface area contributed by atoms with Crippen LogP contribution in [-0.4, -0.2) is 16.1 Å². The third-order valence-corrected chi connectivity index (χ3v) is 5.60. The van der Waals surface area contributed by atoms with Crippen molar-refractivity contribution in [1.29, 1.82) is 0 Å². The van der Waals surface area contributed by atoms with Gasteiger partial charge in [0.1, 0.15) is 0 Å². The Morgan fingerprint density at radius 1 is 1.17 bits per heavy atom. The second kappa shape index (κ2) is 7.79. The highest BCUT2D eigenvalue weighted by molar-refractivity contribution is 8.00. The highest BCUT2D eigenvalue weighted by Gasteiger charge is 2.13. The van der Waals surface area contributed by atoms with Gasteiger partial charge in [-0.25, -0.2) is 0 Å². The largest absolute Gasteiger partial charge is 0.296 e. The van der Waals surface area contributed by atoms with Crippen LogP contribution in [0.2, 0.25) is 5.02 Å². The van der Waals surface area contributed by atoms with Gasteiger partial charge in [-0.1, -0.05) is 76.7 Å². The molecule has 122 valence electrons. The molecule has 24 heavy (non-hydrogen) atoms. The first-order chi connectivity index (χ1) is 11.6. The van der Waals surface area contributed by atoms with Crippen molar-refractivity contribution in [2.24, 2.45) is 0 Å². The molecule has 0 spiro atoms. The number of anilines is 1. The van der Waals surface area contributed by atoms with Crippen molar-refractivity contribution in [3.05, 3.63) is 70.2 Å². The normalized spacial score (nSPS) is 10.6. The molecule has 4 nitrogen and oxygen atoms in total. The second-order valence-electron chi connectivity index (χ2n) is 5.08. The lowest BCUT2D eigenvalue weighted by atomic mass is 10.2. The zero-order chi connectivity index (χ0) is 16.9. The minimum atomic E-state index is -0.285. The summed E-state index contributed by atoms with van der Waals surface area (Å²) in [5, 5.41) is 11.7. The molecule has 1 aromatic heterocycles. The van der Waals surface area contributed by atoms with Crippen molar-refractivity contribution in [2.45, 2.75) is 17.0 Å². The Hall–Kier alpha value is -1.89. The molecule has 1 amide bonds. The minimum absolute atomic E-state index is 0.285. The van der Waals surface area contributed by atoms with E-state index in [0.29, 0.717) is 15.7 Å². The van der Waals surface area contributed by atoms with E-state index in [1.807, 2.05) is 0 Å². The molecule has 0 saturated heterocycles. The number of hydrogen-bond donors (Lipinski definition) is 1. The van der Waals surface area contributed by atoms with E-state index in [0.717, 1.165) is 10.1 Å². The zero-order valence-electron chi connectivity index (χ0n) is 12.8. The fourth-order valence-electron chi connectivity index (χ4n) is 1.96. The first kappa shape index (κ1) is 17.0. The number of aromatic nitrogens is 2. The molecular weight excluding hydrogens is 362 g/mol. The van der Waals surface area contributed by atoms with Gasteiger partial charge in [-0.15, -0.1) is 10.2 Å². The lowest BCUT2D eigenvalue weighted by molar-refractivity contribution is 0.102. The van der Waals surface area contributed by atoms with E-state index < -0.39 is 0 Å². The molecule has 0 bridgehead atoms. The maximum absolute atomic E-state index is 12.2. The smallest absolute Gasteiger partial charge is 0.259 e. The summed E-state index contributed by atoms with van der Waals surface area (Å²) in [6, 6.07) is 15.3. The van der Waals surface area contributed by atoms with Crippen molar-refractivity contribution < 1.29 is 4.79 Å². The number of aryl methyl sites for hydroxylation is 1. The van der Waals surface area contributed by atoms with Gasteiger partial charge in [-0.3, -0.25) is 10.1 Å². The van der Waals surface area contributed by atoms with Gasteiger partial charge in [0, 0.05) is 5.75 Å². The summed E-state index contributed by atoms with van der Waals surface area (Å²) in [6.07, 6.45) is 0. The number of carbonyl (C=O) groups is 1. The van der Waals surface area contributed by atoms with Crippen molar-refractivity contribution in [3.8, 4) is 0 Å². The maximum Gasteiger partial charge on any atom is 0.259 e. The van der Waals surface area contributed by atoms with E-state index >= 15 is 0 Å². The van der Waals surface area contributed by atoms with E-state index in [1.54, 1.807) is 36.0 Å². The molecule has 0 aliphatic heterocycles. The van der Waals surface area contributed by atoms with Crippen LogP contribution in [0.15, 0.2) is 52.9 Å². The van der Waals surface area contributed by atoms with Crippen LogP contribution in [0.5, 0.6) is 0 Å². The molecule has 0 aliphatic rings. The molecule has 1 heterocycles. The topological polar surface area (TPSA) is 54.9 Å².